The van der Waals surface area contributed by atoms with Gasteiger partial charge in [-0.05, 0) is 42.8 Å². The molecule has 2 heterocycles. The van der Waals surface area contributed by atoms with E-state index in [9.17, 15) is 4.39 Å². The van der Waals surface area contributed by atoms with Crippen LogP contribution in [0.1, 0.15) is 10.6 Å². The maximum Gasteiger partial charge on any atom is 0.124 e. The number of nitrogens with zero attached hydrogens (tertiary/aromatic N) is 2. The lowest BCUT2D eigenvalue weighted by molar-refractivity contribution is 0.415. The number of hydrogen-bond acceptors (Lipinski definition) is 3. The van der Waals surface area contributed by atoms with E-state index in [1.165, 1.54) is 12.1 Å². The van der Waals surface area contributed by atoms with E-state index < -0.39 is 0 Å². The quantitative estimate of drug-likeness (QED) is 0.543. The first-order valence-corrected chi connectivity index (χ1v) is 8.15. The zero-order chi connectivity index (χ0) is 16.0. The molecule has 0 N–H and O–H groups in total. The summed E-state index contributed by atoms with van der Waals surface area (Å²) in [6, 6.07) is 12.7. The van der Waals surface area contributed by atoms with Crippen molar-refractivity contribution in [2.45, 2.75) is 13.5 Å². The third-order valence-corrected chi connectivity index (χ3v) is 4.96. The molecule has 0 aliphatic carbocycles. The number of ether oxygens (including phenoxy) is 1. The minimum Gasteiger partial charge on any atom is -0.497 e. The summed E-state index contributed by atoms with van der Waals surface area (Å²) >= 11 is 1.68. The van der Waals surface area contributed by atoms with Gasteiger partial charge in [-0.15, -0.1) is 11.3 Å². The Morgan fingerprint density at radius 1 is 1.17 bits per heavy atom. The molecular formula is C18H15FN2OS. The molecule has 2 aromatic heterocycles. The van der Waals surface area contributed by atoms with Crippen LogP contribution >= 0.6 is 11.3 Å². The molecule has 0 fully saturated rings. The highest BCUT2D eigenvalue weighted by atomic mass is 32.1. The third kappa shape index (κ3) is 2.37. The van der Waals surface area contributed by atoms with Gasteiger partial charge in [0.1, 0.15) is 21.9 Å². The third-order valence-electron chi connectivity index (χ3n) is 3.96. The molecule has 0 amide bonds. The van der Waals surface area contributed by atoms with Crippen molar-refractivity contribution in [3.63, 3.8) is 0 Å². The minimum atomic E-state index is -0.213. The number of rotatable bonds is 3. The molecule has 0 radical (unpaired) electrons. The Balaban J connectivity index is 1.93. The van der Waals surface area contributed by atoms with Crippen molar-refractivity contribution < 1.29 is 9.13 Å². The molecular weight excluding hydrogens is 311 g/mol. The molecule has 0 spiro atoms. The van der Waals surface area contributed by atoms with Crippen molar-refractivity contribution in [2.75, 3.05) is 7.11 Å². The summed E-state index contributed by atoms with van der Waals surface area (Å²) < 4.78 is 20.7. The summed E-state index contributed by atoms with van der Waals surface area (Å²) in [5, 5.41) is 2.12. The Morgan fingerprint density at radius 2 is 1.96 bits per heavy atom. The van der Waals surface area contributed by atoms with Crippen LogP contribution in [0.5, 0.6) is 5.75 Å². The van der Waals surface area contributed by atoms with Crippen LogP contribution in [0.4, 0.5) is 4.39 Å². The molecule has 2 aromatic carbocycles. The first kappa shape index (κ1) is 14.2. The lowest BCUT2D eigenvalue weighted by Gasteiger charge is -2.07. The van der Waals surface area contributed by atoms with Crippen molar-refractivity contribution >= 4 is 32.6 Å². The van der Waals surface area contributed by atoms with Gasteiger partial charge < -0.3 is 9.30 Å². The SMILES string of the molecule is COc1ccc2c(c1)c1nc(C)sc1n2Cc1ccc(F)cc1. The molecule has 116 valence electrons. The summed E-state index contributed by atoms with van der Waals surface area (Å²) in [5.74, 6) is 0.610. The summed E-state index contributed by atoms with van der Waals surface area (Å²) in [6.45, 7) is 2.70. The van der Waals surface area contributed by atoms with E-state index in [2.05, 4.69) is 15.6 Å². The van der Waals surface area contributed by atoms with Gasteiger partial charge in [-0.3, -0.25) is 0 Å². The van der Waals surface area contributed by atoms with Crippen LogP contribution in [0, 0.1) is 12.7 Å². The van der Waals surface area contributed by atoms with E-state index in [1.54, 1.807) is 18.4 Å². The van der Waals surface area contributed by atoms with E-state index in [1.807, 2.05) is 31.2 Å². The molecule has 4 rings (SSSR count). The van der Waals surface area contributed by atoms with Crippen LogP contribution in [0.25, 0.3) is 21.3 Å². The summed E-state index contributed by atoms with van der Waals surface area (Å²) in [5.41, 5.74) is 3.18. The molecule has 0 bridgehead atoms. The first-order valence-electron chi connectivity index (χ1n) is 7.33. The largest absolute Gasteiger partial charge is 0.497 e. The second-order valence-electron chi connectivity index (χ2n) is 5.48. The number of methoxy groups -OCH3 is 1. The van der Waals surface area contributed by atoms with Crippen LogP contribution in [-0.2, 0) is 6.54 Å². The Labute approximate surface area is 137 Å². The second-order valence-corrected chi connectivity index (χ2v) is 6.66. The first-order chi connectivity index (χ1) is 11.2. The zero-order valence-electron chi connectivity index (χ0n) is 12.8. The summed E-state index contributed by atoms with van der Waals surface area (Å²) in [6.07, 6.45) is 0. The minimum absolute atomic E-state index is 0.213. The molecule has 0 aliphatic heterocycles. The molecule has 0 aliphatic rings. The Kier molecular flexibility index (Phi) is 3.31. The standard InChI is InChI=1S/C18H15FN2OS/c1-11-20-17-15-9-14(22-2)7-8-16(15)21(18(17)23-11)10-12-3-5-13(19)6-4-12/h3-9H,10H2,1-2H3. The maximum atomic E-state index is 13.1. The number of fused-ring (bicyclic) bond motifs is 3. The Morgan fingerprint density at radius 3 is 2.70 bits per heavy atom. The average Bonchev–Trinajstić information content (AvgIpc) is 3.06. The average molecular weight is 326 g/mol. The van der Waals surface area contributed by atoms with Gasteiger partial charge in [0.15, 0.2) is 0 Å². The van der Waals surface area contributed by atoms with E-state index in [0.29, 0.717) is 6.54 Å². The van der Waals surface area contributed by atoms with Gasteiger partial charge >= 0.3 is 0 Å². The van der Waals surface area contributed by atoms with Gasteiger partial charge in [0.25, 0.3) is 0 Å². The molecule has 0 saturated heterocycles. The van der Waals surface area contributed by atoms with Gasteiger partial charge in [-0.1, -0.05) is 12.1 Å². The zero-order valence-corrected chi connectivity index (χ0v) is 13.7. The van der Waals surface area contributed by atoms with Crippen LogP contribution in [0.2, 0.25) is 0 Å². The van der Waals surface area contributed by atoms with Crippen molar-refractivity contribution in [1.82, 2.24) is 9.55 Å². The van der Waals surface area contributed by atoms with Crippen molar-refractivity contribution in [3.05, 3.63) is 58.9 Å². The number of hydrogen-bond donors (Lipinski definition) is 0. The van der Waals surface area contributed by atoms with Crippen molar-refractivity contribution in [1.29, 1.82) is 0 Å². The predicted octanol–water partition coefficient (Wildman–Crippen LogP) is 4.76. The molecule has 0 atom stereocenters. The highest BCUT2D eigenvalue weighted by molar-refractivity contribution is 7.18. The molecule has 5 heteroatoms. The highest BCUT2D eigenvalue weighted by Crippen LogP contribution is 2.35. The fourth-order valence-electron chi connectivity index (χ4n) is 2.88. The lowest BCUT2D eigenvalue weighted by atomic mass is 10.2. The highest BCUT2D eigenvalue weighted by Gasteiger charge is 2.15. The van der Waals surface area contributed by atoms with Crippen molar-refractivity contribution in [3.8, 4) is 5.75 Å². The molecule has 23 heavy (non-hydrogen) atoms. The van der Waals surface area contributed by atoms with Crippen molar-refractivity contribution in [2.24, 2.45) is 0 Å². The number of thiazole rings is 1. The fourth-order valence-corrected chi connectivity index (χ4v) is 3.82. The van der Waals surface area contributed by atoms with Gasteiger partial charge in [-0.2, -0.15) is 0 Å². The van der Waals surface area contributed by atoms with Crippen LogP contribution in [-0.4, -0.2) is 16.7 Å². The topological polar surface area (TPSA) is 27.1 Å². The van der Waals surface area contributed by atoms with Crippen LogP contribution in [0.3, 0.4) is 0 Å². The van der Waals surface area contributed by atoms with Gasteiger partial charge in [0.2, 0.25) is 0 Å². The number of aromatic nitrogens is 2. The fraction of sp³-hybridized carbons (Fsp3) is 0.167. The predicted molar refractivity (Wildman–Crippen MR) is 91.9 cm³/mol. The van der Waals surface area contributed by atoms with Gasteiger partial charge in [0, 0.05) is 11.9 Å². The van der Waals surface area contributed by atoms with Crippen LogP contribution in [0.15, 0.2) is 42.5 Å². The normalized spacial score (nSPS) is 11.4. The number of aryl methyl sites for hydroxylation is 1. The number of halogens is 1. The van der Waals surface area contributed by atoms with E-state index in [-0.39, 0.29) is 5.82 Å². The van der Waals surface area contributed by atoms with E-state index in [4.69, 9.17) is 4.74 Å². The van der Waals surface area contributed by atoms with E-state index >= 15 is 0 Å². The van der Waals surface area contributed by atoms with Crippen LogP contribution < -0.4 is 4.74 Å². The lowest BCUT2D eigenvalue weighted by Crippen LogP contribution is -1.98. The Bertz CT molecular complexity index is 1000. The van der Waals surface area contributed by atoms with Gasteiger partial charge in [-0.25, -0.2) is 9.37 Å². The molecule has 0 unspecified atom stereocenters. The molecule has 4 aromatic rings. The molecule has 0 saturated carbocycles. The number of benzene rings is 2. The summed E-state index contributed by atoms with van der Waals surface area (Å²) in [4.78, 5) is 5.81. The molecule has 3 nitrogen and oxygen atoms in total. The second kappa shape index (κ2) is 5.35. The maximum absolute atomic E-state index is 13.1. The van der Waals surface area contributed by atoms with Gasteiger partial charge in [0.05, 0.1) is 17.6 Å². The monoisotopic (exact) mass is 326 g/mol. The smallest absolute Gasteiger partial charge is 0.124 e. The Hall–Kier alpha value is -2.40. The summed E-state index contributed by atoms with van der Waals surface area (Å²) in [7, 11) is 1.67. The van der Waals surface area contributed by atoms with E-state index in [0.717, 1.165) is 37.6 Å².